The van der Waals surface area contributed by atoms with Crippen molar-refractivity contribution in [2.75, 3.05) is 31.1 Å². The number of hydrogen-bond donors (Lipinski definition) is 1. The Labute approximate surface area is 219 Å². The minimum Gasteiger partial charge on any atom is -0.508 e. The second kappa shape index (κ2) is 11.7. The first-order valence-electron chi connectivity index (χ1n) is 12.9. The highest BCUT2D eigenvalue weighted by Gasteiger charge is 2.35. The molecule has 0 aromatic heterocycles. The Kier molecular flexibility index (Phi) is 8.41. The van der Waals surface area contributed by atoms with Crippen LogP contribution >= 0.6 is 0 Å². The van der Waals surface area contributed by atoms with E-state index in [0.717, 1.165) is 30.8 Å². The molecule has 1 heterocycles. The van der Waals surface area contributed by atoms with Crippen LogP contribution in [0.3, 0.4) is 0 Å². The van der Waals surface area contributed by atoms with Gasteiger partial charge in [0, 0.05) is 43.8 Å². The van der Waals surface area contributed by atoms with Crippen LogP contribution in [0.2, 0.25) is 0 Å². The predicted molar refractivity (Wildman–Crippen MR) is 148 cm³/mol. The number of benzene rings is 3. The van der Waals surface area contributed by atoms with Gasteiger partial charge in [-0.3, -0.25) is 14.6 Å². The van der Waals surface area contributed by atoms with Crippen LogP contribution in [-0.4, -0.2) is 59.1 Å². The number of hydrogen-bond acceptors (Lipinski definition) is 4. The number of carbonyl (C=O) groups excluding carboxylic acids is 1. The van der Waals surface area contributed by atoms with Gasteiger partial charge in [-0.2, -0.15) is 0 Å². The lowest BCUT2D eigenvalue weighted by Crippen LogP contribution is -2.57. The van der Waals surface area contributed by atoms with Crippen LogP contribution in [0.25, 0.3) is 0 Å². The van der Waals surface area contributed by atoms with Gasteiger partial charge in [0.2, 0.25) is 0 Å². The molecule has 0 bridgehead atoms. The number of anilines is 1. The SMILES string of the molecule is C=CCN1C[C@H](C)N([C@@H](c2cccc(O)c2)c2cccc(C(=O)N(CC)c3ccccc3F)c2)C[C@H]1C. The minimum absolute atomic E-state index is 0.160. The van der Waals surface area contributed by atoms with E-state index in [-0.39, 0.29) is 29.4 Å². The van der Waals surface area contributed by atoms with Gasteiger partial charge in [0.15, 0.2) is 0 Å². The molecule has 1 N–H and O–H groups in total. The molecule has 0 unspecified atom stereocenters. The monoisotopic (exact) mass is 501 g/mol. The predicted octanol–water partition coefficient (Wildman–Crippen LogP) is 5.87. The molecule has 4 rings (SSSR count). The van der Waals surface area contributed by atoms with Crippen molar-refractivity contribution in [2.24, 2.45) is 0 Å². The van der Waals surface area contributed by atoms with E-state index in [0.29, 0.717) is 18.2 Å². The summed E-state index contributed by atoms with van der Waals surface area (Å²) in [5.41, 5.74) is 2.68. The molecular weight excluding hydrogens is 465 g/mol. The van der Waals surface area contributed by atoms with Crippen molar-refractivity contribution in [1.82, 2.24) is 9.80 Å². The zero-order valence-corrected chi connectivity index (χ0v) is 21.8. The number of nitrogens with zero attached hydrogens (tertiary/aromatic N) is 3. The molecule has 3 aromatic carbocycles. The van der Waals surface area contributed by atoms with Crippen LogP contribution < -0.4 is 4.90 Å². The number of aromatic hydroxyl groups is 1. The Morgan fingerprint density at radius 2 is 1.76 bits per heavy atom. The summed E-state index contributed by atoms with van der Waals surface area (Å²) in [6, 6.07) is 21.7. The molecule has 6 heteroatoms. The van der Waals surface area contributed by atoms with Crippen LogP contribution in [0.15, 0.2) is 85.5 Å². The maximum atomic E-state index is 14.5. The average molecular weight is 502 g/mol. The van der Waals surface area contributed by atoms with Gasteiger partial charge in [-0.1, -0.05) is 42.5 Å². The van der Waals surface area contributed by atoms with E-state index in [9.17, 15) is 14.3 Å². The second-order valence-electron chi connectivity index (χ2n) is 9.76. The summed E-state index contributed by atoms with van der Waals surface area (Å²) >= 11 is 0. The van der Waals surface area contributed by atoms with E-state index in [1.807, 2.05) is 43.3 Å². The molecule has 1 aliphatic rings. The van der Waals surface area contributed by atoms with Gasteiger partial charge in [0.1, 0.15) is 11.6 Å². The van der Waals surface area contributed by atoms with Gasteiger partial charge in [-0.15, -0.1) is 6.58 Å². The maximum Gasteiger partial charge on any atom is 0.258 e. The van der Waals surface area contributed by atoms with Crippen LogP contribution in [0.4, 0.5) is 10.1 Å². The van der Waals surface area contributed by atoms with Gasteiger partial charge in [-0.25, -0.2) is 4.39 Å². The van der Waals surface area contributed by atoms with Gasteiger partial charge >= 0.3 is 0 Å². The summed E-state index contributed by atoms with van der Waals surface area (Å²) in [5, 5.41) is 10.3. The fourth-order valence-corrected chi connectivity index (χ4v) is 5.37. The molecule has 1 saturated heterocycles. The van der Waals surface area contributed by atoms with Crippen LogP contribution in [-0.2, 0) is 0 Å². The van der Waals surface area contributed by atoms with Crippen LogP contribution in [0, 0.1) is 5.82 Å². The van der Waals surface area contributed by atoms with Gasteiger partial charge in [-0.05, 0) is 68.3 Å². The molecule has 0 aliphatic carbocycles. The third-order valence-corrected chi connectivity index (χ3v) is 7.20. The average Bonchev–Trinajstić information content (AvgIpc) is 2.89. The zero-order valence-electron chi connectivity index (χ0n) is 21.8. The van der Waals surface area contributed by atoms with Gasteiger partial charge < -0.3 is 10.0 Å². The highest BCUT2D eigenvalue weighted by Crippen LogP contribution is 2.35. The largest absolute Gasteiger partial charge is 0.508 e. The number of phenols is 1. The third-order valence-electron chi connectivity index (χ3n) is 7.20. The quantitative estimate of drug-likeness (QED) is 0.392. The number of phenolic OH excluding ortho intramolecular Hbond substituents is 1. The summed E-state index contributed by atoms with van der Waals surface area (Å²) in [5.74, 6) is -0.467. The van der Waals surface area contributed by atoms with E-state index in [4.69, 9.17) is 0 Å². The van der Waals surface area contributed by atoms with Crippen molar-refractivity contribution >= 4 is 11.6 Å². The highest BCUT2D eigenvalue weighted by molar-refractivity contribution is 6.06. The molecule has 1 amide bonds. The third kappa shape index (κ3) is 5.76. The summed E-state index contributed by atoms with van der Waals surface area (Å²) in [6.07, 6.45) is 1.94. The Morgan fingerprint density at radius 3 is 2.43 bits per heavy atom. The van der Waals surface area contributed by atoms with E-state index >= 15 is 0 Å². The minimum atomic E-state index is -0.424. The lowest BCUT2D eigenvalue weighted by atomic mass is 9.92. The normalized spacial score (nSPS) is 19.4. The number of piperazine rings is 1. The molecule has 3 atom stereocenters. The van der Waals surface area contributed by atoms with Crippen LogP contribution in [0.1, 0.15) is 48.3 Å². The molecule has 1 fully saturated rings. The molecule has 37 heavy (non-hydrogen) atoms. The fourth-order valence-electron chi connectivity index (χ4n) is 5.37. The molecule has 5 nitrogen and oxygen atoms in total. The molecule has 194 valence electrons. The van der Waals surface area contributed by atoms with Crippen molar-refractivity contribution in [3.63, 3.8) is 0 Å². The first-order chi connectivity index (χ1) is 17.8. The number of amides is 1. The lowest BCUT2D eigenvalue weighted by molar-refractivity contribution is 0.0306. The zero-order chi connectivity index (χ0) is 26.5. The molecule has 1 aliphatic heterocycles. The van der Waals surface area contributed by atoms with Crippen molar-refractivity contribution in [3.05, 3.63) is 108 Å². The standard InChI is InChI=1S/C31H36FN3O2/c1-5-17-33-20-23(4)35(21-22(33)3)30(25-12-10-14-27(36)19-25)24-11-9-13-26(18-24)31(37)34(6-2)29-16-8-7-15-28(29)32/h5,7-16,18-19,22-23,30,36H,1,6,17,20-21H2,2-4H3/t22-,23+,30-/m1/s1. The van der Waals surface area contributed by atoms with Crippen molar-refractivity contribution < 1.29 is 14.3 Å². The van der Waals surface area contributed by atoms with Gasteiger partial charge in [0.25, 0.3) is 5.91 Å². The van der Waals surface area contributed by atoms with Crippen molar-refractivity contribution in [3.8, 4) is 5.75 Å². The molecule has 0 saturated carbocycles. The molecule has 0 radical (unpaired) electrons. The van der Waals surface area contributed by atoms with Crippen molar-refractivity contribution in [2.45, 2.75) is 38.9 Å². The number of para-hydroxylation sites is 1. The Morgan fingerprint density at radius 1 is 1.05 bits per heavy atom. The summed E-state index contributed by atoms with van der Waals surface area (Å²) in [4.78, 5) is 19.9. The molecule has 3 aromatic rings. The van der Waals surface area contributed by atoms with Crippen molar-refractivity contribution in [1.29, 1.82) is 0 Å². The van der Waals surface area contributed by atoms with E-state index < -0.39 is 5.82 Å². The summed E-state index contributed by atoms with van der Waals surface area (Å²) in [6.45, 7) is 13.1. The summed E-state index contributed by atoms with van der Waals surface area (Å²) in [7, 11) is 0. The highest BCUT2D eigenvalue weighted by atomic mass is 19.1. The second-order valence-corrected chi connectivity index (χ2v) is 9.76. The van der Waals surface area contributed by atoms with Crippen LogP contribution in [0.5, 0.6) is 5.75 Å². The summed E-state index contributed by atoms with van der Waals surface area (Å²) < 4.78 is 14.5. The topological polar surface area (TPSA) is 47.0 Å². The molecule has 0 spiro atoms. The lowest BCUT2D eigenvalue weighted by Gasteiger charge is -2.47. The van der Waals surface area contributed by atoms with E-state index in [1.54, 1.807) is 36.4 Å². The van der Waals surface area contributed by atoms with E-state index in [2.05, 4.69) is 30.2 Å². The number of halogens is 1. The number of rotatable bonds is 8. The molecular formula is C31H36FN3O2. The fraction of sp³-hybridized carbons (Fsp3) is 0.323. The number of carbonyl (C=O) groups is 1. The first-order valence-corrected chi connectivity index (χ1v) is 12.9. The van der Waals surface area contributed by atoms with E-state index in [1.165, 1.54) is 11.0 Å². The first kappa shape index (κ1) is 26.6. The smallest absolute Gasteiger partial charge is 0.258 e. The Bertz CT molecular complexity index is 1250. The Balaban J connectivity index is 1.73. The maximum absolute atomic E-state index is 14.5. The van der Waals surface area contributed by atoms with Gasteiger partial charge in [0.05, 0.1) is 11.7 Å². The Hall–Kier alpha value is -3.48.